The number of carbonyl (C=O) groups is 1. The molecule has 1 aromatic heterocycles. The molecular formula is C15H13FN2O5S. The summed E-state index contributed by atoms with van der Waals surface area (Å²) in [4.78, 5) is 14.9. The number of pyridine rings is 1. The quantitative estimate of drug-likeness (QED) is 0.905. The first-order valence-electron chi connectivity index (χ1n) is 6.96. The largest absolute Gasteiger partial charge is 0.478 e. The van der Waals surface area contributed by atoms with Gasteiger partial charge in [0.2, 0.25) is 5.88 Å². The summed E-state index contributed by atoms with van der Waals surface area (Å²) in [6.07, 6.45) is 1.10. The Morgan fingerprint density at radius 2 is 2.12 bits per heavy atom. The number of aryl methyl sites for hydroxylation is 1. The minimum atomic E-state index is -4.01. The van der Waals surface area contributed by atoms with Crippen molar-refractivity contribution in [2.45, 2.75) is 11.8 Å². The zero-order chi connectivity index (χ0) is 17.5. The summed E-state index contributed by atoms with van der Waals surface area (Å²) >= 11 is 0. The molecule has 1 aromatic carbocycles. The van der Waals surface area contributed by atoms with Gasteiger partial charge in [-0.15, -0.1) is 0 Å². The second kappa shape index (κ2) is 5.75. The molecule has 0 saturated carbocycles. The molecule has 24 heavy (non-hydrogen) atoms. The monoisotopic (exact) mass is 352 g/mol. The van der Waals surface area contributed by atoms with Crippen molar-refractivity contribution in [1.29, 1.82) is 0 Å². The van der Waals surface area contributed by atoms with Gasteiger partial charge in [-0.3, -0.25) is 4.31 Å². The van der Waals surface area contributed by atoms with Crippen LogP contribution in [0, 0.1) is 12.7 Å². The Balaban J connectivity index is 2.14. The van der Waals surface area contributed by atoms with Gasteiger partial charge in [0.05, 0.1) is 17.0 Å². The van der Waals surface area contributed by atoms with E-state index in [-0.39, 0.29) is 40.7 Å². The number of hydrogen-bond acceptors (Lipinski definition) is 5. The number of carboxylic acids is 1. The molecule has 0 saturated heterocycles. The van der Waals surface area contributed by atoms with Crippen LogP contribution in [0.3, 0.4) is 0 Å². The average molecular weight is 352 g/mol. The molecule has 0 spiro atoms. The maximum Gasteiger partial charge on any atom is 0.337 e. The van der Waals surface area contributed by atoms with E-state index in [9.17, 15) is 17.6 Å². The van der Waals surface area contributed by atoms with E-state index in [4.69, 9.17) is 9.84 Å². The number of sulfonamides is 1. The lowest BCUT2D eigenvalue weighted by molar-refractivity contribution is 0.0696. The highest BCUT2D eigenvalue weighted by atomic mass is 32.2. The Morgan fingerprint density at radius 3 is 2.79 bits per heavy atom. The molecule has 1 N–H and O–H groups in total. The SMILES string of the molecule is Cc1cc(F)ccc1S(=O)(=O)N1CCOc2ncc(C(=O)O)cc21. The number of ether oxygens (including phenoxy) is 1. The van der Waals surface area contributed by atoms with Crippen molar-refractivity contribution in [2.24, 2.45) is 0 Å². The number of hydrogen-bond donors (Lipinski definition) is 1. The topological polar surface area (TPSA) is 96.8 Å². The van der Waals surface area contributed by atoms with Crippen LogP contribution < -0.4 is 9.04 Å². The third-order valence-electron chi connectivity index (χ3n) is 3.59. The molecule has 3 rings (SSSR count). The van der Waals surface area contributed by atoms with E-state index in [0.717, 1.165) is 22.6 Å². The molecule has 0 radical (unpaired) electrons. The number of aromatic nitrogens is 1. The molecule has 0 fully saturated rings. The lowest BCUT2D eigenvalue weighted by atomic mass is 10.2. The zero-order valence-electron chi connectivity index (χ0n) is 12.6. The van der Waals surface area contributed by atoms with Crippen LogP contribution >= 0.6 is 0 Å². The average Bonchev–Trinajstić information content (AvgIpc) is 2.53. The molecule has 9 heteroatoms. The molecule has 0 aliphatic carbocycles. The first-order valence-corrected chi connectivity index (χ1v) is 8.40. The van der Waals surface area contributed by atoms with Gasteiger partial charge in [-0.25, -0.2) is 22.6 Å². The zero-order valence-corrected chi connectivity index (χ0v) is 13.4. The van der Waals surface area contributed by atoms with Crippen LogP contribution in [-0.2, 0) is 10.0 Å². The van der Waals surface area contributed by atoms with E-state index >= 15 is 0 Å². The standard InChI is InChI=1S/C15H13FN2O5S/c1-9-6-11(16)2-3-13(9)24(21,22)18-4-5-23-14-12(18)7-10(8-17-14)15(19)20/h2-3,6-8H,4-5H2,1H3,(H,19,20). The molecular weight excluding hydrogens is 339 g/mol. The third kappa shape index (κ3) is 2.67. The van der Waals surface area contributed by atoms with Crippen LogP contribution in [0.15, 0.2) is 35.4 Å². The van der Waals surface area contributed by atoms with Gasteiger partial charge in [-0.2, -0.15) is 0 Å². The summed E-state index contributed by atoms with van der Waals surface area (Å²) in [5.74, 6) is -1.73. The van der Waals surface area contributed by atoms with Crippen molar-refractivity contribution in [3.8, 4) is 5.88 Å². The van der Waals surface area contributed by atoms with Crippen LogP contribution in [0.25, 0.3) is 0 Å². The van der Waals surface area contributed by atoms with Crippen molar-refractivity contribution >= 4 is 21.7 Å². The van der Waals surface area contributed by atoms with Crippen LogP contribution in [0.4, 0.5) is 10.1 Å². The predicted octanol–water partition coefficient (Wildman–Crippen LogP) is 1.82. The number of fused-ring (bicyclic) bond motifs is 1. The van der Waals surface area contributed by atoms with Crippen molar-refractivity contribution in [3.05, 3.63) is 47.4 Å². The smallest absolute Gasteiger partial charge is 0.337 e. The molecule has 0 bridgehead atoms. The molecule has 1 aliphatic heterocycles. The highest BCUT2D eigenvalue weighted by molar-refractivity contribution is 7.92. The number of aromatic carboxylic acids is 1. The summed E-state index contributed by atoms with van der Waals surface area (Å²) in [5, 5.41) is 9.08. The summed E-state index contributed by atoms with van der Waals surface area (Å²) in [6, 6.07) is 4.57. The minimum Gasteiger partial charge on any atom is -0.478 e. The number of rotatable bonds is 3. The Labute approximate surface area is 137 Å². The minimum absolute atomic E-state index is 0.00307. The van der Waals surface area contributed by atoms with E-state index in [1.165, 1.54) is 19.1 Å². The highest BCUT2D eigenvalue weighted by Crippen LogP contribution is 2.35. The highest BCUT2D eigenvalue weighted by Gasteiger charge is 2.32. The number of anilines is 1. The van der Waals surface area contributed by atoms with E-state index in [2.05, 4.69) is 4.98 Å². The van der Waals surface area contributed by atoms with Gasteiger partial charge in [0.1, 0.15) is 18.1 Å². The number of halogens is 1. The van der Waals surface area contributed by atoms with Gasteiger partial charge in [0, 0.05) is 6.20 Å². The van der Waals surface area contributed by atoms with Gasteiger partial charge < -0.3 is 9.84 Å². The van der Waals surface area contributed by atoms with Gasteiger partial charge in [0.15, 0.2) is 0 Å². The fraction of sp³-hybridized carbons (Fsp3) is 0.200. The Hall–Kier alpha value is -2.68. The Morgan fingerprint density at radius 1 is 1.38 bits per heavy atom. The fourth-order valence-corrected chi connectivity index (χ4v) is 4.11. The Bertz CT molecular complexity index is 929. The first-order chi connectivity index (χ1) is 11.3. The number of nitrogens with zero attached hydrogens (tertiary/aromatic N) is 2. The van der Waals surface area contributed by atoms with E-state index in [1.807, 2.05) is 0 Å². The molecule has 1 aliphatic rings. The molecule has 2 aromatic rings. The molecule has 0 amide bonds. The third-order valence-corrected chi connectivity index (χ3v) is 5.56. The number of carboxylic acid groups (broad SMARTS) is 1. The summed E-state index contributed by atoms with van der Waals surface area (Å²) in [6.45, 7) is 1.56. The second-order valence-electron chi connectivity index (χ2n) is 5.19. The summed E-state index contributed by atoms with van der Waals surface area (Å²) in [7, 11) is -4.01. The van der Waals surface area contributed by atoms with Crippen LogP contribution in [0.5, 0.6) is 5.88 Å². The maximum absolute atomic E-state index is 13.3. The van der Waals surface area contributed by atoms with Gasteiger partial charge >= 0.3 is 5.97 Å². The first kappa shape index (κ1) is 16.2. The van der Waals surface area contributed by atoms with Crippen LogP contribution in [0.2, 0.25) is 0 Å². The number of benzene rings is 1. The van der Waals surface area contributed by atoms with Crippen molar-refractivity contribution in [1.82, 2.24) is 4.98 Å². The van der Waals surface area contributed by atoms with E-state index in [1.54, 1.807) is 0 Å². The molecule has 0 unspecified atom stereocenters. The summed E-state index contributed by atoms with van der Waals surface area (Å²) in [5.41, 5.74) is 0.144. The predicted molar refractivity (Wildman–Crippen MR) is 82.4 cm³/mol. The van der Waals surface area contributed by atoms with Crippen LogP contribution in [0.1, 0.15) is 15.9 Å². The van der Waals surface area contributed by atoms with Crippen molar-refractivity contribution in [2.75, 3.05) is 17.5 Å². The maximum atomic E-state index is 13.3. The lowest BCUT2D eigenvalue weighted by Gasteiger charge is -2.30. The summed E-state index contributed by atoms with van der Waals surface area (Å²) < 4.78 is 45.5. The van der Waals surface area contributed by atoms with Crippen molar-refractivity contribution in [3.63, 3.8) is 0 Å². The molecule has 0 atom stereocenters. The molecule has 7 nitrogen and oxygen atoms in total. The van der Waals surface area contributed by atoms with Gasteiger partial charge in [-0.05, 0) is 36.8 Å². The lowest BCUT2D eigenvalue weighted by Crippen LogP contribution is -2.38. The second-order valence-corrected chi connectivity index (χ2v) is 7.02. The van der Waals surface area contributed by atoms with Crippen molar-refractivity contribution < 1.29 is 27.4 Å². The van der Waals surface area contributed by atoms with E-state index in [0.29, 0.717) is 0 Å². The normalized spacial score (nSPS) is 14.0. The molecule has 2 heterocycles. The fourth-order valence-electron chi connectivity index (χ4n) is 2.46. The molecule has 126 valence electrons. The van der Waals surface area contributed by atoms with Gasteiger partial charge in [0.25, 0.3) is 10.0 Å². The Kier molecular flexibility index (Phi) is 3.88. The van der Waals surface area contributed by atoms with E-state index < -0.39 is 21.8 Å². The van der Waals surface area contributed by atoms with Gasteiger partial charge in [-0.1, -0.05) is 0 Å². The van der Waals surface area contributed by atoms with Crippen LogP contribution in [-0.4, -0.2) is 37.6 Å².